The summed E-state index contributed by atoms with van der Waals surface area (Å²) in [6.45, 7) is 0.672. The van der Waals surface area contributed by atoms with Gasteiger partial charge in [0.25, 0.3) is 0 Å². The maximum Gasteiger partial charge on any atom is 0.115 e. The van der Waals surface area contributed by atoms with E-state index in [0.29, 0.717) is 12.3 Å². The Hall–Kier alpha value is -1.68. The van der Waals surface area contributed by atoms with Crippen LogP contribution in [0.2, 0.25) is 0 Å². The SMILES string of the molecule is CN(C)c1ccc(Br)cc1NCc1cccc(O)c1. The highest BCUT2D eigenvalue weighted by Crippen LogP contribution is 2.28. The van der Waals surface area contributed by atoms with Crippen molar-refractivity contribution in [2.75, 3.05) is 24.3 Å². The second-order valence-electron chi connectivity index (χ2n) is 4.58. The van der Waals surface area contributed by atoms with Crippen molar-refractivity contribution in [1.82, 2.24) is 0 Å². The predicted octanol–water partition coefficient (Wildman–Crippen LogP) is 3.83. The van der Waals surface area contributed by atoms with Crippen molar-refractivity contribution in [3.05, 3.63) is 52.5 Å². The van der Waals surface area contributed by atoms with Gasteiger partial charge in [0.15, 0.2) is 0 Å². The Bertz CT molecular complexity index is 570. The molecular weight excluding hydrogens is 304 g/mol. The molecule has 2 aromatic carbocycles. The lowest BCUT2D eigenvalue weighted by atomic mass is 10.2. The van der Waals surface area contributed by atoms with Crippen LogP contribution in [-0.2, 0) is 6.54 Å². The van der Waals surface area contributed by atoms with Gasteiger partial charge >= 0.3 is 0 Å². The molecule has 0 saturated heterocycles. The number of phenols is 1. The molecule has 0 radical (unpaired) electrons. The monoisotopic (exact) mass is 320 g/mol. The number of phenolic OH excluding ortho intramolecular Hbond substituents is 1. The lowest BCUT2D eigenvalue weighted by Gasteiger charge is -2.19. The summed E-state index contributed by atoms with van der Waals surface area (Å²) in [5.74, 6) is 0.293. The van der Waals surface area contributed by atoms with E-state index in [1.165, 1.54) is 0 Å². The van der Waals surface area contributed by atoms with E-state index in [9.17, 15) is 5.11 Å². The number of anilines is 2. The molecule has 0 saturated carbocycles. The lowest BCUT2D eigenvalue weighted by molar-refractivity contribution is 0.474. The molecule has 0 amide bonds. The molecule has 2 N–H and O–H groups in total. The van der Waals surface area contributed by atoms with Crippen LogP contribution in [0, 0.1) is 0 Å². The number of rotatable bonds is 4. The van der Waals surface area contributed by atoms with Crippen molar-refractivity contribution in [2.45, 2.75) is 6.54 Å². The van der Waals surface area contributed by atoms with Gasteiger partial charge in [-0.25, -0.2) is 0 Å². The van der Waals surface area contributed by atoms with Crippen LogP contribution in [0.3, 0.4) is 0 Å². The molecule has 0 heterocycles. The van der Waals surface area contributed by atoms with Gasteiger partial charge in [0, 0.05) is 25.1 Å². The molecule has 0 aliphatic heterocycles. The number of hydrogen-bond acceptors (Lipinski definition) is 3. The van der Waals surface area contributed by atoms with Crippen molar-refractivity contribution < 1.29 is 5.11 Å². The molecule has 100 valence electrons. The molecule has 2 rings (SSSR count). The van der Waals surface area contributed by atoms with E-state index in [4.69, 9.17) is 0 Å². The predicted molar refractivity (Wildman–Crippen MR) is 83.9 cm³/mol. The molecule has 0 atom stereocenters. The van der Waals surface area contributed by atoms with Crippen LogP contribution in [0.5, 0.6) is 5.75 Å². The third-order valence-electron chi connectivity index (χ3n) is 2.83. The Morgan fingerprint density at radius 3 is 2.63 bits per heavy atom. The smallest absolute Gasteiger partial charge is 0.115 e. The zero-order valence-corrected chi connectivity index (χ0v) is 12.6. The second kappa shape index (κ2) is 5.97. The first-order valence-electron chi connectivity index (χ1n) is 6.05. The summed E-state index contributed by atoms with van der Waals surface area (Å²) >= 11 is 3.48. The number of nitrogens with one attached hydrogen (secondary N) is 1. The van der Waals surface area contributed by atoms with E-state index in [-0.39, 0.29) is 0 Å². The van der Waals surface area contributed by atoms with Gasteiger partial charge in [-0.3, -0.25) is 0 Å². The van der Waals surface area contributed by atoms with Crippen LogP contribution in [0.15, 0.2) is 46.9 Å². The van der Waals surface area contributed by atoms with Crippen molar-refractivity contribution in [3.8, 4) is 5.75 Å². The van der Waals surface area contributed by atoms with E-state index >= 15 is 0 Å². The average molecular weight is 321 g/mol. The highest BCUT2D eigenvalue weighted by atomic mass is 79.9. The van der Waals surface area contributed by atoms with Crippen LogP contribution in [0.1, 0.15) is 5.56 Å². The molecule has 0 aromatic heterocycles. The van der Waals surface area contributed by atoms with E-state index in [0.717, 1.165) is 21.4 Å². The van der Waals surface area contributed by atoms with Gasteiger partial charge in [-0.15, -0.1) is 0 Å². The van der Waals surface area contributed by atoms with Crippen molar-refractivity contribution in [3.63, 3.8) is 0 Å². The fourth-order valence-corrected chi connectivity index (χ4v) is 2.26. The minimum Gasteiger partial charge on any atom is -0.508 e. The van der Waals surface area contributed by atoms with Gasteiger partial charge in [-0.2, -0.15) is 0 Å². The zero-order valence-electron chi connectivity index (χ0n) is 11.0. The zero-order chi connectivity index (χ0) is 13.8. The van der Waals surface area contributed by atoms with Crippen LogP contribution in [-0.4, -0.2) is 19.2 Å². The van der Waals surface area contributed by atoms with Gasteiger partial charge < -0.3 is 15.3 Å². The number of hydrogen-bond donors (Lipinski definition) is 2. The fraction of sp³-hybridized carbons (Fsp3) is 0.200. The highest BCUT2D eigenvalue weighted by molar-refractivity contribution is 9.10. The van der Waals surface area contributed by atoms with E-state index in [2.05, 4.69) is 38.3 Å². The van der Waals surface area contributed by atoms with Gasteiger partial charge in [0.1, 0.15) is 5.75 Å². The molecule has 0 aliphatic carbocycles. The molecule has 0 spiro atoms. The number of benzene rings is 2. The number of halogens is 1. The molecule has 0 aliphatic rings. The minimum atomic E-state index is 0.293. The molecule has 4 heteroatoms. The maximum absolute atomic E-state index is 9.45. The van der Waals surface area contributed by atoms with E-state index in [1.807, 2.05) is 32.3 Å². The number of nitrogens with zero attached hydrogens (tertiary/aromatic N) is 1. The number of aromatic hydroxyl groups is 1. The molecule has 19 heavy (non-hydrogen) atoms. The van der Waals surface area contributed by atoms with E-state index < -0.39 is 0 Å². The average Bonchev–Trinajstić information content (AvgIpc) is 2.36. The normalized spacial score (nSPS) is 10.3. The van der Waals surface area contributed by atoms with Crippen LogP contribution < -0.4 is 10.2 Å². The summed E-state index contributed by atoms with van der Waals surface area (Å²) in [5.41, 5.74) is 3.23. The third-order valence-corrected chi connectivity index (χ3v) is 3.33. The Morgan fingerprint density at radius 1 is 1.16 bits per heavy atom. The first-order valence-corrected chi connectivity index (χ1v) is 6.84. The van der Waals surface area contributed by atoms with Gasteiger partial charge in [-0.05, 0) is 35.9 Å². The van der Waals surface area contributed by atoms with Crippen molar-refractivity contribution in [1.29, 1.82) is 0 Å². The summed E-state index contributed by atoms with van der Waals surface area (Å²) in [4.78, 5) is 2.07. The highest BCUT2D eigenvalue weighted by Gasteiger charge is 2.05. The van der Waals surface area contributed by atoms with Crippen LogP contribution >= 0.6 is 15.9 Å². The Balaban J connectivity index is 2.17. The van der Waals surface area contributed by atoms with Crippen molar-refractivity contribution >= 4 is 27.3 Å². The largest absolute Gasteiger partial charge is 0.508 e. The lowest BCUT2D eigenvalue weighted by Crippen LogP contribution is -2.12. The first-order chi connectivity index (χ1) is 9.06. The molecule has 0 bridgehead atoms. The summed E-state index contributed by atoms with van der Waals surface area (Å²) in [6.07, 6.45) is 0. The molecule has 0 unspecified atom stereocenters. The summed E-state index contributed by atoms with van der Waals surface area (Å²) in [7, 11) is 4.03. The summed E-state index contributed by atoms with van der Waals surface area (Å²) in [6, 6.07) is 13.4. The maximum atomic E-state index is 9.45. The fourth-order valence-electron chi connectivity index (χ4n) is 1.90. The van der Waals surface area contributed by atoms with Crippen molar-refractivity contribution in [2.24, 2.45) is 0 Å². The standard InChI is InChI=1S/C15H17BrN2O/c1-18(2)15-7-6-12(16)9-14(15)17-10-11-4-3-5-13(19)8-11/h3-9,17,19H,10H2,1-2H3. The third kappa shape index (κ3) is 3.64. The van der Waals surface area contributed by atoms with Gasteiger partial charge in [0.05, 0.1) is 11.4 Å². The minimum absolute atomic E-state index is 0.293. The second-order valence-corrected chi connectivity index (χ2v) is 5.50. The topological polar surface area (TPSA) is 35.5 Å². The van der Waals surface area contributed by atoms with Crippen LogP contribution in [0.4, 0.5) is 11.4 Å². The Morgan fingerprint density at radius 2 is 1.95 bits per heavy atom. The Labute approximate surface area is 122 Å². The Kier molecular flexibility index (Phi) is 4.32. The molecule has 0 fully saturated rings. The summed E-state index contributed by atoms with van der Waals surface area (Å²) < 4.78 is 1.04. The molecule has 3 nitrogen and oxygen atoms in total. The van der Waals surface area contributed by atoms with Gasteiger partial charge in [0.2, 0.25) is 0 Å². The summed E-state index contributed by atoms with van der Waals surface area (Å²) in [5, 5.41) is 12.8. The quantitative estimate of drug-likeness (QED) is 0.898. The van der Waals surface area contributed by atoms with E-state index in [1.54, 1.807) is 12.1 Å². The van der Waals surface area contributed by atoms with Crippen LogP contribution in [0.25, 0.3) is 0 Å². The first kappa shape index (κ1) is 13.7. The molecule has 2 aromatic rings. The molecular formula is C15H17BrN2O. The van der Waals surface area contributed by atoms with Gasteiger partial charge in [-0.1, -0.05) is 28.1 Å².